The van der Waals surface area contributed by atoms with Gasteiger partial charge in [-0.15, -0.1) is 0 Å². The van der Waals surface area contributed by atoms with Gasteiger partial charge in [-0.3, -0.25) is 4.99 Å². The van der Waals surface area contributed by atoms with E-state index in [4.69, 9.17) is 5.73 Å². The van der Waals surface area contributed by atoms with Crippen LogP contribution in [0.15, 0.2) is 29.4 Å². The third kappa shape index (κ3) is 2.60. The van der Waals surface area contributed by atoms with Gasteiger partial charge >= 0.3 is 6.18 Å². The minimum Gasteiger partial charge on any atom is -0.381 e. The average Bonchev–Trinajstić information content (AvgIpc) is 2.85. The molecule has 0 spiro atoms. The van der Waals surface area contributed by atoms with Crippen LogP contribution in [0.1, 0.15) is 24.0 Å². The number of alkyl halides is 3. The Hall–Kier alpha value is -2.32. The summed E-state index contributed by atoms with van der Waals surface area (Å²) in [6.45, 7) is 1.65. The lowest BCUT2D eigenvalue weighted by atomic mass is 9.85. The Kier molecular flexibility index (Phi) is 3.28. The number of aliphatic imine (C=N–C) groups is 1. The fourth-order valence-electron chi connectivity index (χ4n) is 2.76. The van der Waals surface area contributed by atoms with Crippen molar-refractivity contribution in [2.24, 2.45) is 10.7 Å². The second-order valence-electron chi connectivity index (χ2n) is 5.83. The Morgan fingerprint density at radius 3 is 2.70 bits per heavy atom. The lowest BCUT2D eigenvalue weighted by Gasteiger charge is -2.31. The van der Waals surface area contributed by atoms with Crippen molar-refractivity contribution < 1.29 is 17.6 Å². The summed E-state index contributed by atoms with van der Waals surface area (Å²) in [6.07, 6.45) is -3.70. The number of fused-ring (bicyclic) bond motifs is 1. The maximum atomic E-state index is 14.2. The molecule has 0 radical (unpaired) electrons. The average molecular weight is 324 g/mol. The molecule has 3 rings (SSSR count). The number of imidazole rings is 1. The summed E-state index contributed by atoms with van der Waals surface area (Å²) in [5.41, 5.74) is 4.75. The van der Waals surface area contributed by atoms with E-state index in [9.17, 15) is 17.6 Å². The van der Waals surface area contributed by atoms with Gasteiger partial charge in [0.15, 0.2) is 17.4 Å². The van der Waals surface area contributed by atoms with Crippen molar-refractivity contribution >= 4 is 19.1 Å². The molecule has 0 saturated carbocycles. The summed E-state index contributed by atoms with van der Waals surface area (Å²) in [5.74, 6) is -0.674. The number of halogens is 4. The summed E-state index contributed by atoms with van der Waals surface area (Å²) < 4.78 is 53.9. The highest BCUT2D eigenvalue weighted by Crippen LogP contribution is 2.35. The Balaban J connectivity index is 2.10. The van der Waals surface area contributed by atoms with Crippen molar-refractivity contribution in [2.45, 2.75) is 25.2 Å². The minimum absolute atomic E-state index is 0.0203. The van der Waals surface area contributed by atoms with Crippen molar-refractivity contribution in [3.63, 3.8) is 0 Å². The molecular formula is C14H13BF4N4. The molecule has 120 valence electrons. The summed E-state index contributed by atoms with van der Waals surface area (Å²) in [7, 11) is 1.80. The predicted octanol–water partition coefficient (Wildman–Crippen LogP) is 0.934. The Bertz CT molecular complexity index is 812. The van der Waals surface area contributed by atoms with E-state index < -0.39 is 23.2 Å². The first-order valence-corrected chi connectivity index (χ1v) is 6.87. The quantitative estimate of drug-likeness (QED) is 0.627. The van der Waals surface area contributed by atoms with Crippen LogP contribution in [0.25, 0.3) is 0 Å². The molecular weight excluding hydrogens is 311 g/mol. The van der Waals surface area contributed by atoms with Crippen molar-refractivity contribution in [1.82, 2.24) is 9.55 Å². The van der Waals surface area contributed by atoms with Gasteiger partial charge in [-0.1, -0.05) is 17.6 Å². The zero-order chi connectivity index (χ0) is 17.0. The number of benzene rings is 1. The third-order valence-electron chi connectivity index (χ3n) is 3.84. The predicted molar refractivity (Wildman–Crippen MR) is 79.9 cm³/mol. The highest BCUT2D eigenvalue weighted by Gasteiger charge is 2.39. The number of aromatic nitrogens is 2. The molecule has 2 heterocycles. The number of amidine groups is 1. The van der Waals surface area contributed by atoms with E-state index in [2.05, 4.69) is 9.98 Å². The molecule has 2 N–H and O–H groups in total. The monoisotopic (exact) mass is 324 g/mol. The highest BCUT2D eigenvalue weighted by molar-refractivity contribution is 6.32. The van der Waals surface area contributed by atoms with Crippen LogP contribution in [0, 0.1) is 5.82 Å². The third-order valence-corrected chi connectivity index (χ3v) is 3.84. The second-order valence-corrected chi connectivity index (χ2v) is 5.83. The molecule has 1 aliphatic rings. The van der Waals surface area contributed by atoms with E-state index in [-0.39, 0.29) is 23.8 Å². The van der Waals surface area contributed by atoms with Gasteiger partial charge in [0.25, 0.3) is 0 Å². The molecule has 0 fully saturated rings. The molecule has 1 aromatic carbocycles. The normalized spacial score (nSPS) is 21.0. The fraction of sp³-hybridized carbons (Fsp3) is 0.286. The van der Waals surface area contributed by atoms with Crippen LogP contribution < -0.4 is 11.2 Å². The summed E-state index contributed by atoms with van der Waals surface area (Å²) >= 11 is 0. The maximum Gasteiger partial charge on any atom is 0.434 e. The van der Waals surface area contributed by atoms with Gasteiger partial charge in [0.05, 0.1) is 6.54 Å². The first-order valence-electron chi connectivity index (χ1n) is 6.87. The lowest BCUT2D eigenvalue weighted by molar-refractivity contribution is -0.141. The van der Waals surface area contributed by atoms with Crippen LogP contribution in [-0.4, -0.2) is 23.2 Å². The number of hydrogen-bond donors (Lipinski definition) is 1. The number of nitrogens with zero attached hydrogens (tertiary/aromatic N) is 3. The molecule has 9 heteroatoms. The first kappa shape index (κ1) is 15.6. The number of nitrogens with two attached hydrogens (primary N) is 1. The molecule has 0 saturated heterocycles. The molecule has 4 nitrogen and oxygen atoms in total. The van der Waals surface area contributed by atoms with E-state index in [0.717, 1.165) is 11.7 Å². The molecule has 2 aromatic rings. The molecule has 0 aliphatic carbocycles. The van der Waals surface area contributed by atoms with Crippen LogP contribution in [0.5, 0.6) is 0 Å². The van der Waals surface area contributed by atoms with Gasteiger partial charge in [-0.2, -0.15) is 13.2 Å². The fourth-order valence-corrected chi connectivity index (χ4v) is 2.76. The van der Waals surface area contributed by atoms with Gasteiger partial charge < -0.3 is 10.3 Å². The zero-order valence-electron chi connectivity index (χ0n) is 12.4. The second kappa shape index (κ2) is 4.84. The largest absolute Gasteiger partial charge is 0.434 e. The van der Waals surface area contributed by atoms with Crippen LogP contribution >= 0.6 is 0 Å². The topological polar surface area (TPSA) is 56.2 Å². The lowest BCUT2D eigenvalue weighted by Crippen LogP contribution is -2.38. The van der Waals surface area contributed by atoms with Crippen LogP contribution in [0.3, 0.4) is 0 Å². The van der Waals surface area contributed by atoms with Gasteiger partial charge in [0.1, 0.15) is 19.2 Å². The summed E-state index contributed by atoms with van der Waals surface area (Å²) in [5, 5.41) is 0. The smallest absolute Gasteiger partial charge is 0.381 e. The molecule has 0 amide bonds. The first-order chi connectivity index (χ1) is 10.6. The summed E-state index contributed by atoms with van der Waals surface area (Å²) in [4.78, 5) is 7.72. The molecule has 1 unspecified atom stereocenters. The van der Waals surface area contributed by atoms with Crippen LogP contribution in [-0.2, 0) is 18.3 Å². The van der Waals surface area contributed by atoms with Crippen molar-refractivity contribution in [1.29, 1.82) is 0 Å². The van der Waals surface area contributed by atoms with E-state index in [1.807, 2.05) is 0 Å². The van der Waals surface area contributed by atoms with E-state index in [0.29, 0.717) is 0 Å². The minimum atomic E-state index is -4.57. The standard InChI is InChI=1S/C14H13BF4N4/c1-13(8-4-7(15)2-3-9(8)16)6-23-5-10(14(17,18)19)21-12(23)11(20)22-13/h2-5H,6,15H2,1H3,(H2,20,22). The Morgan fingerprint density at radius 2 is 2.04 bits per heavy atom. The Morgan fingerprint density at radius 1 is 1.35 bits per heavy atom. The van der Waals surface area contributed by atoms with Gasteiger partial charge in [0.2, 0.25) is 0 Å². The molecule has 23 heavy (non-hydrogen) atoms. The van der Waals surface area contributed by atoms with Gasteiger partial charge in [-0.05, 0) is 13.0 Å². The van der Waals surface area contributed by atoms with E-state index in [1.54, 1.807) is 26.9 Å². The van der Waals surface area contributed by atoms with Crippen molar-refractivity contribution in [2.75, 3.05) is 0 Å². The van der Waals surface area contributed by atoms with Crippen molar-refractivity contribution in [3.8, 4) is 0 Å². The number of hydrogen-bond acceptors (Lipinski definition) is 3. The molecule has 1 aromatic heterocycles. The summed E-state index contributed by atoms with van der Waals surface area (Å²) in [6, 6.07) is 4.55. The maximum absolute atomic E-state index is 14.2. The molecule has 1 atom stereocenters. The van der Waals surface area contributed by atoms with Gasteiger partial charge in [0, 0.05) is 11.8 Å². The van der Waals surface area contributed by atoms with E-state index in [1.165, 1.54) is 10.6 Å². The number of rotatable bonds is 1. The Labute approximate surface area is 130 Å². The highest BCUT2D eigenvalue weighted by atomic mass is 19.4. The zero-order valence-corrected chi connectivity index (χ0v) is 12.4. The van der Waals surface area contributed by atoms with Gasteiger partial charge in [-0.25, -0.2) is 9.37 Å². The van der Waals surface area contributed by atoms with E-state index >= 15 is 0 Å². The van der Waals surface area contributed by atoms with Crippen LogP contribution in [0.4, 0.5) is 17.6 Å². The SMILES string of the molecule is Bc1ccc(F)c(C2(C)Cn3cc(C(F)(F)F)nc3C(N)=N2)c1. The van der Waals surface area contributed by atoms with Crippen LogP contribution in [0.2, 0.25) is 0 Å². The molecule has 1 aliphatic heterocycles. The molecule has 0 bridgehead atoms. The van der Waals surface area contributed by atoms with Crippen molar-refractivity contribution in [3.05, 3.63) is 47.3 Å².